The highest BCUT2D eigenvalue weighted by molar-refractivity contribution is 5.68. The van der Waals surface area contributed by atoms with Gasteiger partial charge < -0.3 is 44.8 Å². The van der Waals surface area contributed by atoms with E-state index < -0.39 is 31.4 Å². The minimum Gasteiger partial charge on any atom is -0.511 e. The van der Waals surface area contributed by atoms with Crippen LogP contribution >= 0.6 is 0 Å². The number of hydrogen-bond donors (Lipinski definition) is 6. The van der Waals surface area contributed by atoms with Gasteiger partial charge in [0.15, 0.2) is 0 Å². The zero-order valence-electron chi connectivity index (χ0n) is 14.7. The predicted octanol–water partition coefficient (Wildman–Crippen LogP) is 0.797. The van der Waals surface area contributed by atoms with Crippen LogP contribution in [-0.4, -0.2) is 77.9 Å². The largest absolute Gasteiger partial charge is 0.511 e. The van der Waals surface area contributed by atoms with Gasteiger partial charge in [-0.15, -0.1) is 0 Å². The fourth-order valence-electron chi connectivity index (χ4n) is 1.86. The summed E-state index contributed by atoms with van der Waals surface area (Å²) in [5, 5.41) is 52.2. The van der Waals surface area contributed by atoms with Gasteiger partial charge in [0.2, 0.25) is 0 Å². The van der Waals surface area contributed by atoms with E-state index >= 15 is 0 Å². The van der Waals surface area contributed by atoms with Crippen LogP contribution in [0.15, 0.2) is 17.9 Å². The lowest BCUT2D eigenvalue weighted by atomic mass is 9.87. The molecule has 0 aliphatic rings. The summed E-state index contributed by atoms with van der Waals surface area (Å²) in [5.41, 5.74) is -1.15. The Bertz CT molecular complexity index is 570. The summed E-state index contributed by atoms with van der Waals surface area (Å²) in [7, 11) is 4.38. The lowest BCUT2D eigenvalue weighted by Gasteiger charge is -2.26. The highest BCUT2D eigenvalue weighted by Gasteiger charge is 2.33. The van der Waals surface area contributed by atoms with Crippen LogP contribution in [0.25, 0.3) is 6.08 Å². The first-order valence-corrected chi connectivity index (χ1v) is 7.20. The molecule has 1 rings (SSSR count). The summed E-state index contributed by atoms with van der Waals surface area (Å²) >= 11 is 0. The van der Waals surface area contributed by atoms with Crippen molar-refractivity contribution in [3.63, 3.8) is 0 Å². The van der Waals surface area contributed by atoms with Crippen molar-refractivity contribution in [3.05, 3.63) is 23.5 Å². The van der Waals surface area contributed by atoms with Crippen molar-refractivity contribution in [2.75, 3.05) is 41.2 Å². The summed E-state index contributed by atoms with van der Waals surface area (Å²) < 4.78 is 15.6. The molecule has 1 aromatic rings. The molecule has 0 aliphatic carbocycles. The van der Waals surface area contributed by atoms with Crippen LogP contribution in [0.4, 0.5) is 4.79 Å². The minimum absolute atomic E-state index is 0.366. The molecule has 0 atom stereocenters. The maximum absolute atomic E-state index is 10.2. The third-order valence-electron chi connectivity index (χ3n) is 3.49. The molecule has 6 N–H and O–H groups in total. The number of aliphatic hydroxyl groups is 4. The second-order valence-corrected chi connectivity index (χ2v) is 5.01. The number of hydrogen-bond acceptors (Lipinski definition) is 8. The maximum Gasteiger partial charge on any atom is 0.503 e. The zero-order valence-corrected chi connectivity index (χ0v) is 14.7. The van der Waals surface area contributed by atoms with Gasteiger partial charge in [0.1, 0.15) is 23.0 Å². The van der Waals surface area contributed by atoms with Crippen LogP contribution < -0.4 is 14.2 Å². The highest BCUT2D eigenvalue weighted by Crippen LogP contribution is 2.37. The van der Waals surface area contributed by atoms with E-state index in [-0.39, 0.29) is 5.76 Å². The SMILES string of the molecule is COc1cc(OC)c(C=C(O)C(CO)(CO)CO)c(OC)c1.O=C(O)O. The van der Waals surface area contributed by atoms with E-state index in [0.29, 0.717) is 22.8 Å². The van der Waals surface area contributed by atoms with Gasteiger partial charge in [-0.2, -0.15) is 0 Å². The van der Waals surface area contributed by atoms with E-state index in [1.807, 2.05) is 0 Å². The van der Waals surface area contributed by atoms with E-state index in [2.05, 4.69) is 0 Å². The van der Waals surface area contributed by atoms with Crippen LogP contribution in [-0.2, 0) is 0 Å². The van der Waals surface area contributed by atoms with Gasteiger partial charge in [-0.1, -0.05) is 0 Å². The first kappa shape index (κ1) is 23.3. The molecule has 0 saturated heterocycles. The monoisotopic (exact) mass is 376 g/mol. The fraction of sp³-hybridized carbons (Fsp3) is 0.438. The first-order chi connectivity index (χ1) is 12.2. The lowest BCUT2D eigenvalue weighted by Crippen LogP contribution is -2.36. The predicted molar refractivity (Wildman–Crippen MR) is 91.0 cm³/mol. The van der Waals surface area contributed by atoms with Gasteiger partial charge in [-0.25, -0.2) is 4.79 Å². The molecule has 26 heavy (non-hydrogen) atoms. The second kappa shape index (κ2) is 11.0. The van der Waals surface area contributed by atoms with Crippen molar-refractivity contribution in [2.45, 2.75) is 0 Å². The Kier molecular flexibility index (Phi) is 9.89. The van der Waals surface area contributed by atoms with Gasteiger partial charge in [0.25, 0.3) is 0 Å². The summed E-state index contributed by atoms with van der Waals surface area (Å²) in [6, 6.07) is 3.19. The standard InChI is InChI=1S/C15H22O7.CH2O3/c1-20-10-4-12(21-2)11(13(5-10)22-3)6-14(19)15(7-16,8-17)9-18;2-1(3)4/h4-6,16-19H,7-9H2,1-3H3;(H2,2,3,4). The van der Waals surface area contributed by atoms with E-state index in [1.165, 1.54) is 27.4 Å². The Morgan fingerprint density at radius 2 is 1.31 bits per heavy atom. The van der Waals surface area contributed by atoms with Crippen LogP contribution in [0.5, 0.6) is 17.2 Å². The molecule has 0 unspecified atom stereocenters. The molecular formula is C16H24O10. The van der Waals surface area contributed by atoms with Gasteiger partial charge >= 0.3 is 6.16 Å². The Morgan fingerprint density at radius 3 is 1.58 bits per heavy atom. The van der Waals surface area contributed by atoms with Crippen LogP contribution in [0.2, 0.25) is 0 Å². The second-order valence-electron chi connectivity index (χ2n) is 5.01. The van der Waals surface area contributed by atoms with Crippen molar-refractivity contribution in [3.8, 4) is 17.2 Å². The highest BCUT2D eigenvalue weighted by atomic mass is 16.6. The number of ether oxygens (including phenoxy) is 3. The number of carboxylic acid groups (broad SMARTS) is 2. The average molecular weight is 376 g/mol. The fourth-order valence-corrected chi connectivity index (χ4v) is 1.86. The normalized spacial score (nSPS) is 11.2. The van der Waals surface area contributed by atoms with Gasteiger partial charge in [0.05, 0.1) is 52.1 Å². The first-order valence-electron chi connectivity index (χ1n) is 7.20. The van der Waals surface area contributed by atoms with E-state index in [0.717, 1.165) is 0 Å². The van der Waals surface area contributed by atoms with Gasteiger partial charge in [0, 0.05) is 12.1 Å². The van der Waals surface area contributed by atoms with Gasteiger partial charge in [-0.3, -0.25) is 0 Å². The summed E-state index contributed by atoms with van der Waals surface area (Å²) in [6.45, 7) is -1.87. The van der Waals surface area contributed by atoms with Crippen LogP contribution in [0.1, 0.15) is 5.56 Å². The van der Waals surface area contributed by atoms with E-state index in [4.69, 9.17) is 29.2 Å². The molecular weight excluding hydrogens is 352 g/mol. The molecule has 0 aliphatic heterocycles. The van der Waals surface area contributed by atoms with E-state index in [1.54, 1.807) is 12.1 Å². The molecule has 0 radical (unpaired) electrons. The van der Waals surface area contributed by atoms with Crippen molar-refractivity contribution < 1.29 is 49.6 Å². The summed E-state index contributed by atoms with van der Waals surface area (Å²) in [6.07, 6.45) is -0.556. The smallest absolute Gasteiger partial charge is 0.503 e. The number of benzene rings is 1. The Labute approximate surface area is 150 Å². The minimum atomic E-state index is -1.83. The molecule has 148 valence electrons. The summed E-state index contributed by atoms with van der Waals surface area (Å²) in [5.74, 6) is 0.848. The molecule has 0 heterocycles. The van der Waals surface area contributed by atoms with Crippen LogP contribution in [0, 0.1) is 5.41 Å². The maximum atomic E-state index is 10.2. The number of rotatable bonds is 8. The van der Waals surface area contributed by atoms with Gasteiger partial charge in [-0.05, 0) is 6.08 Å². The van der Waals surface area contributed by atoms with Crippen molar-refractivity contribution in [1.82, 2.24) is 0 Å². The van der Waals surface area contributed by atoms with Crippen molar-refractivity contribution in [1.29, 1.82) is 0 Å². The molecule has 0 saturated carbocycles. The molecule has 1 aromatic carbocycles. The molecule has 0 aromatic heterocycles. The molecule has 0 fully saturated rings. The molecule has 0 amide bonds. The Balaban J connectivity index is 0.00000141. The molecule has 0 bridgehead atoms. The van der Waals surface area contributed by atoms with E-state index in [9.17, 15) is 20.4 Å². The zero-order chi connectivity index (χ0) is 20.3. The Hall–Kier alpha value is -2.69. The third-order valence-corrected chi connectivity index (χ3v) is 3.49. The number of carbonyl (C=O) groups is 1. The third kappa shape index (κ3) is 5.99. The van der Waals surface area contributed by atoms with Crippen LogP contribution in [0.3, 0.4) is 0 Å². The molecule has 10 nitrogen and oxygen atoms in total. The average Bonchev–Trinajstić information content (AvgIpc) is 2.63. The quantitative estimate of drug-likeness (QED) is 0.357. The Morgan fingerprint density at radius 1 is 0.923 bits per heavy atom. The number of aliphatic hydroxyl groups excluding tert-OH is 4. The van der Waals surface area contributed by atoms with Crippen molar-refractivity contribution >= 4 is 12.2 Å². The topological polar surface area (TPSA) is 166 Å². The molecule has 0 spiro atoms. The number of methoxy groups -OCH3 is 3. The van der Waals surface area contributed by atoms with Crippen molar-refractivity contribution in [2.24, 2.45) is 5.41 Å². The summed E-state index contributed by atoms with van der Waals surface area (Å²) in [4.78, 5) is 8.56. The molecule has 10 heteroatoms. The lowest BCUT2D eigenvalue weighted by molar-refractivity contribution is 0.00636.